The lowest BCUT2D eigenvalue weighted by Gasteiger charge is -2.08. The second-order valence-electron chi connectivity index (χ2n) is 4.02. The zero-order chi connectivity index (χ0) is 14.2. The van der Waals surface area contributed by atoms with E-state index in [1.807, 2.05) is 44.2 Å². The first-order valence-corrected chi connectivity index (χ1v) is 7.49. The Morgan fingerprint density at radius 3 is 2.60 bits per heavy atom. The predicted molar refractivity (Wildman–Crippen MR) is 80.3 cm³/mol. The van der Waals surface area contributed by atoms with E-state index in [2.05, 4.69) is 20.3 Å². The van der Waals surface area contributed by atoms with Gasteiger partial charge in [0.1, 0.15) is 0 Å². The van der Waals surface area contributed by atoms with Crippen LogP contribution in [0.2, 0.25) is 0 Å². The standard InChI is InChI=1S/C14H18N4OS/c1-3-10-19-13-16-12(15-4-2)17-14(18-13)20-11-8-6-5-7-9-11/h5-9H,3-4,10H2,1-2H3,(H,15,16,17,18). The molecular weight excluding hydrogens is 272 g/mol. The van der Waals surface area contributed by atoms with Crippen molar-refractivity contribution in [2.24, 2.45) is 0 Å². The highest BCUT2D eigenvalue weighted by atomic mass is 32.2. The summed E-state index contributed by atoms with van der Waals surface area (Å²) in [6.45, 7) is 5.41. The molecule has 6 heteroatoms. The van der Waals surface area contributed by atoms with Crippen molar-refractivity contribution in [3.63, 3.8) is 0 Å². The van der Waals surface area contributed by atoms with E-state index in [9.17, 15) is 0 Å². The summed E-state index contributed by atoms with van der Waals surface area (Å²) in [4.78, 5) is 14.0. The summed E-state index contributed by atoms with van der Waals surface area (Å²) in [6.07, 6.45) is 0.920. The monoisotopic (exact) mass is 290 g/mol. The lowest BCUT2D eigenvalue weighted by molar-refractivity contribution is 0.288. The summed E-state index contributed by atoms with van der Waals surface area (Å²) in [5.74, 6) is 0.548. The Hall–Kier alpha value is -1.82. The number of hydrogen-bond acceptors (Lipinski definition) is 6. The van der Waals surface area contributed by atoms with Crippen LogP contribution in [0.4, 0.5) is 5.95 Å². The molecular formula is C14H18N4OS. The molecule has 106 valence electrons. The summed E-state index contributed by atoms with van der Waals surface area (Å²) in [5, 5.41) is 3.73. The topological polar surface area (TPSA) is 59.9 Å². The molecule has 0 aliphatic heterocycles. The van der Waals surface area contributed by atoms with E-state index in [4.69, 9.17) is 4.74 Å². The van der Waals surface area contributed by atoms with Gasteiger partial charge in [0.25, 0.3) is 0 Å². The Bertz CT molecular complexity index is 536. The maximum absolute atomic E-state index is 5.50. The van der Waals surface area contributed by atoms with Gasteiger partial charge in [0, 0.05) is 11.4 Å². The largest absolute Gasteiger partial charge is 0.463 e. The summed E-state index contributed by atoms with van der Waals surface area (Å²) in [5.41, 5.74) is 0. The van der Waals surface area contributed by atoms with Crippen LogP contribution in [0.1, 0.15) is 20.3 Å². The van der Waals surface area contributed by atoms with Crippen molar-refractivity contribution in [2.75, 3.05) is 18.5 Å². The van der Waals surface area contributed by atoms with Gasteiger partial charge in [-0.05, 0) is 37.2 Å². The summed E-state index contributed by atoms with van der Waals surface area (Å²) in [7, 11) is 0. The molecule has 2 rings (SSSR count). The fourth-order valence-electron chi connectivity index (χ4n) is 1.47. The number of nitrogens with one attached hydrogen (secondary N) is 1. The second kappa shape index (κ2) is 7.69. The Morgan fingerprint density at radius 1 is 1.10 bits per heavy atom. The van der Waals surface area contributed by atoms with Gasteiger partial charge in [-0.25, -0.2) is 0 Å². The molecule has 0 aliphatic rings. The quantitative estimate of drug-likeness (QED) is 0.844. The van der Waals surface area contributed by atoms with E-state index in [1.165, 1.54) is 11.8 Å². The van der Waals surface area contributed by atoms with Gasteiger partial charge in [-0.15, -0.1) is 0 Å². The van der Waals surface area contributed by atoms with E-state index in [-0.39, 0.29) is 0 Å². The maximum Gasteiger partial charge on any atom is 0.322 e. The van der Waals surface area contributed by atoms with E-state index in [0.29, 0.717) is 23.7 Å². The van der Waals surface area contributed by atoms with Gasteiger partial charge in [0.15, 0.2) is 0 Å². The first-order chi connectivity index (χ1) is 9.81. The fraction of sp³-hybridized carbons (Fsp3) is 0.357. The van der Waals surface area contributed by atoms with Crippen molar-refractivity contribution in [2.45, 2.75) is 30.3 Å². The molecule has 5 nitrogen and oxygen atoms in total. The zero-order valence-electron chi connectivity index (χ0n) is 11.7. The SMILES string of the molecule is CCCOc1nc(NCC)nc(Sc2ccccc2)n1. The molecule has 20 heavy (non-hydrogen) atoms. The molecule has 0 radical (unpaired) electrons. The zero-order valence-corrected chi connectivity index (χ0v) is 12.5. The molecule has 0 spiro atoms. The van der Waals surface area contributed by atoms with Crippen molar-refractivity contribution in [1.82, 2.24) is 15.0 Å². The fourth-order valence-corrected chi connectivity index (χ4v) is 2.23. The molecule has 2 aromatic rings. The number of ether oxygens (including phenoxy) is 1. The number of hydrogen-bond donors (Lipinski definition) is 1. The van der Waals surface area contributed by atoms with Crippen molar-refractivity contribution in [3.8, 4) is 6.01 Å². The summed E-state index contributed by atoms with van der Waals surface area (Å²) < 4.78 is 5.50. The van der Waals surface area contributed by atoms with Crippen LogP contribution in [-0.2, 0) is 0 Å². The lowest BCUT2D eigenvalue weighted by atomic mass is 10.4. The van der Waals surface area contributed by atoms with Crippen LogP contribution in [0.25, 0.3) is 0 Å². The van der Waals surface area contributed by atoms with Crippen molar-refractivity contribution >= 4 is 17.7 Å². The molecule has 0 aliphatic carbocycles. The summed E-state index contributed by atoms with van der Waals surface area (Å²) in [6, 6.07) is 10.4. The third kappa shape index (κ3) is 4.38. The molecule has 1 heterocycles. The Balaban J connectivity index is 2.19. The number of aromatic nitrogens is 3. The first kappa shape index (κ1) is 14.6. The molecule has 0 saturated carbocycles. The van der Waals surface area contributed by atoms with Gasteiger partial charge in [0.2, 0.25) is 11.1 Å². The van der Waals surface area contributed by atoms with Gasteiger partial charge in [-0.3, -0.25) is 0 Å². The number of rotatable bonds is 7. The van der Waals surface area contributed by atoms with Gasteiger partial charge in [-0.1, -0.05) is 25.1 Å². The number of benzene rings is 1. The minimum absolute atomic E-state index is 0.372. The summed E-state index contributed by atoms with van der Waals surface area (Å²) >= 11 is 1.49. The van der Waals surface area contributed by atoms with Crippen LogP contribution in [0.5, 0.6) is 6.01 Å². The minimum atomic E-state index is 0.372. The third-order valence-electron chi connectivity index (χ3n) is 2.32. The highest BCUT2D eigenvalue weighted by molar-refractivity contribution is 7.99. The van der Waals surface area contributed by atoms with Crippen LogP contribution in [0.15, 0.2) is 40.4 Å². The van der Waals surface area contributed by atoms with E-state index in [0.717, 1.165) is 17.9 Å². The normalized spacial score (nSPS) is 10.3. The van der Waals surface area contributed by atoms with E-state index in [1.54, 1.807) is 0 Å². The number of anilines is 1. The number of nitrogens with zero attached hydrogens (tertiary/aromatic N) is 3. The van der Waals surface area contributed by atoms with E-state index >= 15 is 0 Å². The van der Waals surface area contributed by atoms with Crippen molar-refractivity contribution in [1.29, 1.82) is 0 Å². The molecule has 0 unspecified atom stereocenters. The highest BCUT2D eigenvalue weighted by Gasteiger charge is 2.08. The molecule has 0 atom stereocenters. The van der Waals surface area contributed by atoms with Crippen molar-refractivity contribution < 1.29 is 4.74 Å². The Labute approximate surface area is 123 Å². The van der Waals surface area contributed by atoms with Crippen LogP contribution in [0, 0.1) is 0 Å². The van der Waals surface area contributed by atoms with Crippen LogP contribution < -0.4 is 10.1 Å². The molecule has 1 N–H and O–H groups in total. The Morgan fingerprint density at radius 2 is 1.90 bits per heavy atom. The Kier molecular flexibility index (Phi) is 5.61. The molecule has 0 fully saturated rings. The predicted octanol–water partition coefficient (Wildman–Crippen LogP) is 3.24. The second-order valence-corrected chi connectivity index (χ2v) is 5.06. The third-order valence-corrected chi connectivity index (χ3v) is 3.19. The average Bonchev–Trinajstić information content (AvgIpc) is 2.46. The smallest absolute Gasteiger partial charge is 0.322 e. The van der Waals surface area contributed by atoms with Gasteiger partial charge < -0.3 is 10.1 Å². The van der Waals surface area contributed by atoms with Gasteiger partial charge >= 0.3 is 6.01 Å². The van der Waals surface area contributed by atoms with Crippen LogP contribution in [-0.4, -0.2) is 28.1 Å². The minimum Gasteiger partial charge on any atom is -0.463 e. The average molecular weight is 290 g/mol. The first-order valence-electron chi connectivity index (χ1n) is 6.67. The maximum atomic E-state index is 5.50. The van der Waals surface area contributed by atoms with Gasteiger partial charge in [0.05, 0.1) is 6.61 Å². The molecule has 1 aromatic carbocycles. The van der Waals surface area contributed by atoms with Crippen molar-refractivity contribution in [3.05, 3.63) is 30.3 Å². The lowest BCUT2D eigenvalue weighted by Crippen LogP contribution is -2.07. The van der Waals surface area contributed by atoms with Crippen LogP contribution >= 0.6 is 11.8 Å². The molecule has 0 bridgehead atoms. The molecule has 1 aromatic heterocycles. The molecule has 0 amide bonds. The molecule has 0 saturated heterocycles. The van der Waals surface area contributed by atoms with E-state index < -0.39 is 0 Å². The van der Waals surface area contributed by atoms with Gasteiger partial charge in [-0.2, -0.15) is 15.0 Å². The van der Waals surface area contributed by atoms with Crippen LogP contribution in [0.3, 0.4) is 0 Å². The highest BCUT2D eigenvalue weighted by Crippen LogP contribution is 2.25.